The molecule has 4 rings (SSSR count). The molecule has 44 heavy (non-hydrogen) atoms. The second-order valence-electron chi connectivity index (χ2n) is 10.8. The van der Waals surface area contributed by atoms with E-state index in [2.05, 4.69) is 5.32 Å². The Morgan fingerprint density at radius 1 is 0.818 bits per heavy atom. The molecule has 0 unspecified atom stereocenters. The molecule has 0 aliphatic rings. The molecule has 0 saturated heterocycles. The van der Waals surface area contributed by atoms with E-state index in [1.165, 1.54) is 29.2 Å². The Morgan fingerprint density at radius 2 is 1.39 bits per heavy atom. The summed E-state index contributed by atoms with van der Waals surface area (Å²) in [5, 5.41) is 3.45. The average molecular weight is 632 g/mol. The minimum absolute atomic E-state index is 0.00270. The Balaban J connectivity index is 1.80. The normalized spacial score (nSPS) is 12.6. The SMILES string of the molecule is CC[C@H](C)NC(=O)[C@@H](Cc1ccccc1)N(Cc1ccccc1)C(=O)CN(c1ccccc1C)S(=O)(=O)c1ccc(Cl)cc1. The minimum Gasteiger partial charge on any atom is -0.352 e. The van der Waals surface area contributed by atoms with Gasteiger partial charge in [-0.05, 0) is 67.3 Å². The van der Waals surface area contributed by atoms with Gasteiger partial charge in [-0.1, -0.05) is 97.4 Å². The van der Waals surface area contributed by atoms with Crippen LogP contribution in [0.15, 0.2) is 114 Å². The van der Waals surface area contributed by atoms with Gasteiger partial charge in [0, 0.05) is 24.0 Å². The number of rotatable bonds is 13. The highest BCUT2D eigenvalue weighted by Gasteiger charge is 2.35. The van der Waals surface area contributed by atoms with Crippen molar-refractivity contribution >= 4 is 39.1 Å². The van der Waals surface area contributed by atoms with E-state index in [0.29, 0.717) is 16.3 Å². The van der Waals surface area contributed by atoms with Crippen molar-refractivity contribution in [3.63, 3.8) is 0 Å². The topological polar surface area (TPSA) is 86.8 Å². The van der Waals surface area contributed by atoms with Gasteiger partial charge in [0.05, 0.1) is 10.6 Å². The predicted octanol–water partition coefficient (Wildman–Crippen LogP) is 6.40. The molecule has 2 amide bonds. The highest BCUT2D eigenvalue weighted by Crippen LogP contribution is 2.28. The fourth-order valence-electron chi connectivity index (χ4n) is 4.87. The highest BCUT2D eigenvalue weighted by atomic mass is 35.5. The van der Waals surface area contributed by atoms with Crippen molar-refractivity contribution in [1.82, 2.24) is 10.2 Å². The molecule has 9 heteroatoms. The van der Waals surface area contributed by atoms with Crippen LogP contribution in [0.4, 0.5) is 5.69 Å². The maximum atomic E-state index is 14.5. The number of aryl methyl sites for hydroxylation is 1. The molecule has 0 heterocycles. The minimum atomic E-state index is -4.20. The van der Waals surface area contributed by atoms with E-state index in [0.717, 1.165) is 21.9 Å². The van der Waals surface area contributed by atoms with Crippen LogP contribution in [0, 0.1) is 6.92 Å². The van der Waals surface area contributed by atoms with Gasteiger partial charge in [-0.15, -0.1) is 0 Å². The van der Waals surface area contributed by atoms with Crippen LogP contribution in [0.5, 0.6) is 0 Å². The molecule has 4 aromatic carbocycles. The number of hydrogen-bond acceptors (Lipinski definition) is 4. The molecule has 0 radical (unpaired) electrons. The molecule has 0 aromatic heterocycles. The maximum Gasteiger partial charge on any atom is 0.264 e. The maximum absolute atomic E-state index is 14.5. The Bertz CT molecular complexity index is 1650. The molecule has 1 N–H and O–H groups in total. The molecule has 2 atom stereocenters. The second kappa shape index (κ2) is 15.0. The molecule has 0 aliphatic carbocycles. The fourth-order valence-corrected chi connectivity index (χ4v) is 6.47. The van der Waals surface area contributed by atoms with Gasteiger partial charge in [0.25, 0.3) is 10.0 Å². The zero-order valence-corrected chi connectivity index (χ0v) is 26.8. The van der Waals surface area contributed by atoms with Gasteiger partial charge >= 0.3 is 0 Å². The van der Waals surface area contributed by atoms with Crippen molar-refractivity contribution in [1.29, 1.82) is 0 Å². The lowest BCUT2D eigenvalue weighted by atomic mass is 10.0. The molecular weight excluding hydrogens is 594 g/mol. The first kappa shape index (κ1) is 32.8. The first-order valence-corrected chi connectivity index (χ1v) is 16.4. The first-order chi connectivity index (χ1) is 21.1. The smallest absolute Gasteiger partial charge is 0.264 e. The number of benzene rings is 4. The summed E-state index contributed by atoms with van der Waals surface area (Å²) in [5.74, 6) is -0.801. The number of hydrogen-bond donors (Lipinski definition) is 1. The van der Waals surface area contributed by atoms with Crippen LogP contribution < -0.4 is 9.62 Å². The molecule has 0 spiro atoms. The van der Waals surface area contributed by atoms with Gasteiger partial charge in [0.15, 0.2) is 0 Å². The number of para-hydroxylation sites is 1. The van der Waals surface area contributed by atoms with Crippen LogP contribution in [0.25, 0.3) is 0 Å². The number of amides is 2. The summed E-state index contributed by atoms with van der Waals surface area (Å²) < 4.78 is 29.4. The Labute approximate surface area is 265 Å². The van der Waals surface area contributed by atoms with Crippen LogP contribution in [0.1, 0.15) is 37.0 Å². The summed E-state index contributed by atoms with van der Waals surface area (Å²) in [7, 11) is -4.20. The average Bonchev–Trinajstić information content (AvgIpc) is 3.03. The second-order valence-corrected chi connectivity index (χ2v) is 13.1. The van der Waals surface area contributed by atoms with E-state index in [1.807, 2.05) is 80.6 Å². The number of anilines is 1. The third-order valence-corrected chi connectivity index (χ3v) is 9.56. The molecule has 7 nitrogen and oxygen atoms in total. The van der Waals surface area contributed by atoms with Crippen LogP contribution in [-0.2, 0) is 32.6 Å². The van der Waals surface area contributed by atoms with Gasteiger partial charge in [-0.2, -0.15) is 0 Å². The van der Waals surface area contributed by atoms with E-state index < -0.39 is 28.5 Å². The monoisotopic (exact) mass is 631 g/mol. The lowest BCUT2D eigenvalue weighted by Gasteiger charge is -2.34. The molecule has 0 bridgehead atoms. The van der Waals surface area contributed by atoms with Crippen LogP contribution in [-0.4, -0.2) is 43.8 Å². The largest absolute Gasteiger partial charge is 0.352 e. The molecule has 230 valence electrons. The van der Waals surface area contributed by atoms with Gasteiger partial charge in [-0.25, -0.2) is 8.42 Å². The van der Waals surface area contributed by atoms with Gasteiger partial charge in [0.1, 0.15) is 12.6 Å². The predicted molar refractivity (Wildman–Crippen MR) is 176 cm³/mol. The number of nitrogens with one attached hydrogen (secondary N) is 1. The van der Waals surface area contributed by atoms with Gasteiger partial charge in [0.2, 0.25) is 11.8 Å². The molecular formula is C35H38ClN3O4S. The van der Waals surface area contributed by atoms with Crippen LogP contribution in [0.2, 0.25) is 5.02 Å². The number of sulfonamides is 1. The summed E-state index contributed by atoms with van der Waals surface area (Å²) in [6.07, 6.45) is 0.979. The highest BCUT2D eigenvalue weighted by molar-refractivity contribution is 7.92. The standard InChI is InChI=1S/C35H38ClN3O4S/c1-4-27(3)37-35(41)33(23-28-14-7-5-8-15-28)38(24-29-16-9-6-10-17-29)34(40)25-39(32-18-12-11-13-26(32)2)44(42,43)31-21-19-30(36)20-22-31/h5-22,27,33H,4,23-25H2,1-3H3,(H,37,41)/t27-,33+/m0/s1. The summed E-state index contributed by atoms with van der Waals surface area (Å²) in [5.41, 5.74) is 2.76. The Kier molecular flexibility index (Phi) is 11.2. The summed E-state index contributed by atoms with van der Waals surface area (Å²) in [6.45, 7) is 5.30. The van der Waals surface area contributed by atoms with Crippen molar-refractivity contribution in [3.05, 3.63) is 131 Å². The lowest BCUT2D eigenvalue weighted by Crippen LogP contribution is -2.54. The fraction of sp³-hybridized carbons (Fsp3) is 0.257. The van der Waals surface area contributed by atoms with Crippen LogP contribution in [0.3, 0.4) is 0 Å². The van der Waals surface area contributed by atoms with E-state index in [1.54, 1.807) is 25.1 Å². The lowest BCUT2D eigenvalue weighted by molar-refractivity contribution is -0.140. The van der Waals surface area contributed by atoms with Crippen molar-refractivity contribution in [2.45, 2.75) is 57.1 Å². The third kappa shape index (κ3) is 8.27. The van der Waals surface area contributed by atoms with Crippen LogP contribution >= 0.6 is 11.6 Å². The van der Waals surface area contributed by atoms with Crippen molar-refractivity contribution < 1.29 is 18.0 Å². The van der Waals surface area contributed by atoms with Crippen molar-refractivity contribution in [2.24, 2.45) is 0 Å². The third-order valence-electron chi connectivity index (χ3n) is 7.53. The van der Waals surface area contributed by atoms with E-state index in [-0.39, 0.29) is 29.8 Å². The zero-order valence-electron chi connectivity index (χ0n) is 25.2. The van der Waals surface area contributed by atoms with Crippen molar-refractivity contribution in [3.8, 4) is 0 Å². The Hall–Kier alpha value is -4.14. The molecule has 0 fully saturated rings. The number of carbonyl (C=O) groups is 2. The van der Waals surface area contributed by atoms with E-state index in [4.69, 9.17) is 11.6 Å². The van der Waals surface area contributed by atoms with Crippen molar-refractivity contribution in [2.75, 3.05) is 10.8 Å². The Morgan fingerprint density at radius 3 is 1.98 bits per heavy atom. The number of nitrogens with zero attached hydrogens (tertiary/aromatic N) is 2. The molecule has 0 saturated carbocycles. The summed E-state index contributed by atoms with van der Waals surface area (Å²) in [6, 6.07) is 30.8. The quantitative estimate of drug-likeness (QED) is 0.185. The van der Waals surface area contributed by atoms with E-state index >= 15 is 0 Å². The zero-order chi connectivity index (χ0) is 31.7. The molecule has 0 aliphatic heterocycles. The summed E-state index contributed by atoms with van der Waals surface area (Å²) >= 11 is 6.06. The van der Waals surface area contributed by atoms with E-state index in [9.17, 15) is 18.0 Å². The summed E-state index contributed by atoms with van der Waals surface area (Å²) in [4.78, 5) is 29.9. The number of halogens is 1. The number of carbonyl (C=O) groups excluding carboxylic acids is 2. The first-order valence-electron chi connectivity index (χ1n) is 14.6. The molecule has 4 aromatic rings. The van der Waals surface area contributed by atoms with Gasteiger partial charge in [-0.3, -0.25) is 13.9 Å². The van der Waals surface area contributed by atoms with Gasteiger partial charge < -0.3 is 10.2 Å².